The van der Waals surface area contributed by atoms with Gasteiger partial charge >= 0.3 is 6.18 Å². The Hall–Kier alpha value is -1.88. The Bertz CT molecular complexity index is 806. The Morgan fingerprint density at radius 2 is 1.75 bits per heavy atom. The third-order valence-corrected chi connectivity index (χ3v) is 5.26. The van der Waals surface area contributed by atoms with Crippen LogP contribution in [0.4, 0.5) is 19.0 Å². The SMILES string of the molecule is O=C(NCCN1CCN(c2cccc(C(F)(F)F)n2)CC1)c1ccc([123I])cc1. The van der Waals surface area contributed by atoms with Gasteiger partial charge in [0.25, 0.3) is 5.91 Å². The molecule has 1 fully saturated rings. The maximum atomic E-state index is 12.8. The van der Waals surface area contributed by atoms with Gasteiger partial charge in [-0.15, -0.1) is 0 Å². The Morgan fingerprint density at radius 1 is 1.07 bits per heavy atom. The van der Waals surface area contributed by atoms with E-state index in [-0.39, 0.29) is 5.91 Å². The molecule has 0 unspecified atom stereocenters. The predicted octanol–water partition coefficient (Wildman–Crippen LogP) is 3.26. The summed E-state index contributed by atoms with van der Waals surface area (Å²) < 4.78 is 39.5. The van der Waals surface area contributed by atoms with Gasteiger partial charge in [-0.3, -0.25) is 9.69 Å². The van der Waals surface area contributed by atoms with Crippen LogP contribution in [0, 0.1) is 3.57 Å². The number of amides is 1. The Labute approximate surface area is 175 Å². The van der Waals surface area contributed by atoms with Crippen LogP contribution in [-0.2, 0) is 6.18 Å². The molecule has 1 aromatic heterocycles. The van der Waals surface area contributed by atoms with E-state index in [0.29, 0.717) is 50.6 Å². The van der Waals surface area contributed by atoms with Crippen molar-refractivity contribution in [1.29, 1.82) is 0 Å². The van der Waals surface area contributed by atoms with Crippen molar-refractivity contribution in [3.63, 3.8) is 0 Å². The van der Waals surface area contributed by atoms with Crippen molar-refractivity contribution in [2.24, 2.45) is 0 Å². The highest BCUT2D eigenvalue weighted by atomic mass is 123. The van der Waals surface area contributed by atoms with Crippen LogP contribution in [0.2, 0.25) is 0 Å². The molecule has 1 saturated heterocycles. The molecule has 0 radical (unpaired) electrons. The minimum Gasteiger partial charge on any atom is -0.354 e. The van der Waals surface area contributed by atoms with E-state index in [1.54, 1.807) is 18.2 Å². The number of halogens is 4. The Balaban J connectivity index is 1.44. The van der Waals surface area contributed by atoms with E-state index >= 15 is 0 Å². The highest BCUT2D eigenvalue weighted by Crippen LogP contribution is 2.29. The van der Waals surface area contributed by atoms with E-state index < -0.39 is 11.9 Å². The van der Waals surface area contributed by atoms with Crippen molar-refractivity contribution in [3.05, 3.63) is 57.3 Å². The smallest absolute Gasteiger partial charge is 0.354 e. The summed E-state index contributed by atoms with van der Waals surface area (Å²) in [5, 5.41) is 2.90. The molecule has 2 heterocycles. The second kappa shape index (κ2) is 9.08. The third kappa shape index (κ3) is 5.57. The van der Waals surface area contributed by atoms with Crippen LogP contribution >= 0.6 is 22.6 Å². The highest BCUT2D eigenvalue weighted by Gasteiger charge is 2.33. The molecule has 0 saturated carbocycles. The summed E-state index contributed by atoms with van der Waals surface area (Å²) in [4.78, 5) is 19.9. The quantitative estimate of drug-likeness (QED) is 0.641. The van der Waals surface area contributed by atoms with Gasteiger partial charge in [0.15, 0.2) is 0 Å². The molecule has 150 valence electrons. The van der Waals surface area contributed by atoms with Gasteiger partial charge in [-0.25, -0.2) is 4.98 Å². The first kappa shape index (κ1) is 20.8. The van der Waals surface area contributed by atoms with E-state index in [0.717, 1.165) is 9.64 Å². The number of pyridine rings is 1. The fourth-order valence-electron chi connectivity index (χ4n) is 2.99. The van der Waals surface area contributed by atoms with E-state index in [4.69, 9.17) is 0 Å². The van der Waals surface area contributed by atoms with Gasteiger partial charge in [0.05, 0.1) is 0 Å². The van der Waals surface area contributed by atoms with Crippen LogP contribution in [0.25, 0.3) is 0 Å². The highest BCUT2D eigenvalue weighted by molar-refractivity contribution is 14.1. The molecule has 0 bridgehead atoms. The van der Waals surface area contributed by atoms with Crippen LogP contribution in [0.1, 0.15) is 16.1 Å². The summed E-state index contributed by atoms with van der Waals surface area (Å²) in [6.07, 6.45) is -4.44. The van der Waals surface area contributed by atoms with Crippen LogP contribution < -0.4 is 10.2 Å². The Morgan fingerprint density at radius 3 is 2.39 bits per heavy atom. The number of alkyl halides is 3. The Kier molecular flexibility index (Phi) is 6.76. The van der Waals surface area contributed by atoms with Gasteiger partial charge in [-0.1, -0.05) is 6.07 Å². The van der Waals surface area contributed by atoms with Crippen LogP contribution in [0.15, 0.2) is 42.5 Å². The number of carbonyl (C=O) groups excluding carboxylic acids is 1. The molecule has 3 rings (SSSR count). The van der Waals surface area contributed by atoms with Crippen LogP contribution in [0.5, 0.6) is 0 Å². The lowest BCUT2D eigenvalue weighted by atomic mass is 10.2. The lowest BCUT2D eigenvalue weighted by Gasteiger charge is -2.35. The molecule has 0 atom stereocenters. The monoisotopic (exact) mass is 500 g/mol. The number of anilines is 1. The number of nitrogens with zero attached hydrogens (tertiary/aromatic N) is 3. The molecule has 9 heteroatoms. The second-order valence-electron chi connectivity index (χ2n) is 6.47. The lowest BCUT2D eigenvalue weighted by Crippen LogP contribution is -2.48. The van der Waals surface area contributed by atoms with Crippen LogP contribution in [-0.4, -0.2) is 55.1 Å². The lowest BCUT2D eigenvalue weighted by molar-refractivity contribution is -0.141. The molecule has 0 aliphatic carbocycles. The minimum absolute atomic E-state index is 0.108. The summed E-state index contributed by atoms with van der Waals surface area (Å²) >= 11 is 2.19. The number of nitrogens with one attached hydrogen (secondary N) is 1. The second-order valence-corrected chi connectivity index (χ2v) is 7.72. The van der Waals surface area contributed by atoms with Crippen molar-refractivity contribution in [3.8, 4) is 0 Å². The first-order valence-electron chi connectivity index (χ1n) is 8.88. The fourth-order valence-corrected chi connectivity index (χ4v) is 3.35. The van der Waals surface area contributed by atoms with Gasteiger partial charge in [0, 0.05) is 48.4 Å². The summed E-state index contributed by atoms with van der Waals surface area (Å²) in [6.45, 7) is 3.82. The van der Waals surface area contributed by atoms with Gasteiger partial charge in [0.2, 0.25) is 0 Å². The standard InChI is InChI=1S/C19H20F3IN4O/c20-19(21,22)16-2-1-3-17(25-16)27-12-10-26(11-13-27)9-8-24-18(28)14-4-6-15(23)7-5-14/h1-7H,8-13H2,(H,24,28)/i23-4. The first-order chi connectivity index (χ1) is 13.3. The first-order valence-corrected chi connectivity index (χ1v) is 9.96. The predicted molar refractivity (Wildman–Crippen MR) is 109 cm³/mol. The van der Waals surface area contributed by atoms with E-state index in [1.165, 1.54) is 6.07 Å². The number of rotatable bonds is 5. The molecule has 1 N–H and O–H groups in total. The van der Waals surface area contributed by atoms with Gasteiger partial charge in [-0.05, 0) is 59.0 Å². The number of aromatic nitrogens is 1. The van der Waals surface area contributed by atoms with Gasteiger partial charge < -0.3 is 10.2 Å². The maximum absolute atomic E-state index is 12.8. The van der Waals surface area contributed by atoms with E-state index in [1.807, 2.05) is 17.0 Å². The van der Waals surface area contributed by atoms with Crippen molar-refractivity contribution in [2.45, 2.75) is 6.18 Å². The average Bonchev–Trinajstić information content (AvgIpc) is 2.68. The molecule has 1 aliphatic heterocycles. The number of benzene rings is 1. The largest absolute Gasteiger partial charge is 0.433 e. The summed E-state index contributed by atoms with van der Waals surface area (Å²) in [6, 6.07) is 11.3. The maximum Gasteiger partial charge on any atom is 0.433 e. The third-order valence-electron chi connectivity index (χ3n) is 4.54. The summed E-state index contributed by atoms with van der Waals surface area (Å²) in [5.74, 6) is 0.240. The van der Waals surface area contributed by atoms with Crippen LogP contribution in [0.3, 0.4) is 0 Å². The average molecular weight is 500 g/mol. The summed E-state index contributed by atoms with van der Waals surface area (Å²) in [7, 11) is 0. The normalized spacial score (nSPS) is 15.5. The van der Waals surface area contributed by atoms with Crippen molar-refractivity contribution in [1.82, 2.24) is 15.2 Å². The zero-order chi connectivity index (χ0) is 20.1. The zero-order valence-corrected chi connectivity index (χ0v) is 17.2. The summed E-state index contributed by atoms with van der Waals surface area (Å²) in [5.41, 5.74) is -0.244. The molecule has 28 heavy (non-hydrogen) atoms. The number of hydrogen-bond donors (Lipinski definition) is 1. The molecule has 1 amide bonds. The molecule has 2 aromatic rings. The number of hydrogen-bond acceptors (Lipinski definition) is 4. The molecular formula is C19H20F3IN4O. The van der Waals surface area contributed by atoms with E-state index in [2.05, 4.69) is 37.8 Å². The molecular weight excluding hydrogens is 480 g/mol. The topological polar surface area (TPSA) is 48.5 Å². The molecule has 0 spiro atoms. The van der Waals surface area contributed by atoms with Crippen molar-refractivity contribution >= 4 is 34.3 Å². The molecule has 1 aromatic carbocycles. The molecule has 5 nitrogen and oxygen atoms in total. The zero-order valence-electron chi connectivity index (χ0n) is 15.0. The minimum atomic E-state index is -4.44. The number of piperazine rings is 1. The molecule has 1 aliphatic rings. The van der Waals surface area contributed by atoms with Gasteiger partial charge in [0.1, 0.15) is 11.5 Å². The van der Waals surface area contributed by atoms with Gasteiger partial charge in [-0.2, -0.15) is 13.2 Å². The fraction of sp³-hybridized carbons (Fsp3) is 0.368. The van der Waals surface area contributed by atoms with Crippen molar-refractivity contribution < 1.29 is 18.0 Å². The van der Waals surface area contributed by atoms with E-state index in [9.17, 15) is 18.0 Å². The van der Waals surface area contributed by atoms with Crippen molar-refractivity contribution in [2.75, 3.05) is 44.2 Å². The number of carbonyl (C=O) groups is 1.